The van der Waals surface area contributed by atoms with Crippen molar-refractivity contribution in [3.8, 4) is 0 Å². The van der Waals surface area contributed by atoms with Gasteiger partial charge in [-0.15, -0.1) is 10.2 Å². The molecule has 25 nitrogen and oxygen atoms in total. The summed E-state index contributed by atoms with van der Waals surface area (Å²) in [6.07, 6.45) is -7.51. The normalized spacial score (nSPS) is 25.7. The SMILES string of the molecule is CC(=O)OC1C(OC(C)=O)[C@H](OC(C)=O)C(C)O[C@H]1OCc1cn(CCOCCOCCOCCn2cc(CO[C@@H]3OC(C)[C@@H](OC(C)=O)C(OC(C)=O)[C@H]3OC(C)=O)nn2)nn1. The molecule has 0 bridgehead atoms. The Morgan fingerprint density at radius 2 is 0.778 bits per heavy atom. The fraction of sp³-hybridized carbons (Fsp3) is 0.737. The number of hydrogen-bond donors (Lipinski definition) is 0. The lowest BCUT2D eigenvalue weighted by atomic mass is 9.99. The second-order valence-corrected chi connectivity index (χ2v) is 14.3. The standard InChI is InChI=1S/C38H56N6O19/c1-21-31(58-23(3)45)33(60-25(5)47)35(62-27(7)49)37(56-21)54-19-29-17-43(41-39-29)9-11-51-13-15-53-16-14-52-12-10-44-18-30(40-42-44)20-55-38-36(63-28(8)50)34(61-26(6)48)32(22(2)57-38)59-24(4)46/h17-18,21-22,31-38H,9-16,19-20H2,1-8H3/t21?,22?,31-,32-,33?,34?,35-,36?,37-,38-/m1/s1. The van der Waals surface area contributed by atoms with E-state index in [4.69, 9.17) is 61.6 Å². The van der Waals surface area contributed by atoms with E-state index in [2.05, 4.69) is 20.6 Å². The Morgan fingerprint density at radius 3 is 1.11 bits per heavy atom. The van der Waals surface area contributed by atoms with Crippen molar-refractivity contribution >= 4 is 35.8 Å². The Bertz CT molecular complexity index is 1680. The molecule has 10 atom stereocenters. The number of carbonyl (C=O) groups is 6. The van der Waals surface area contributed by atoms with Crippen molar-refractivity contribution in [3.63, 3.8) is 0 Å². The zero-order chi connectivity index (χ0) is 46.1. The molecule has 63 heavy (non-hydrogen) atoms. The van der Waals surface area contributed by atoms with Crippen molar-refractivity contribution in [2.24, 2.45) is 0 Å². The second-order valence-electron chi connectivity index (χ2n) is 14.3. The van der Waals surface area contributed by atoms with E-state index in [-0.39, 0.29) is 13.2 Å². The van der Waals surface area contributed by atoms with E-state index in [0.29, 0.717) is 64.1 Å². The summed E-state index contributed by atoms with van der Waals surface area (Å²) in [5, 5.41) is 16.3. The molecule has 2 saturated heterocycles. The van der Waals surface area contributed by atoms with Gasteiger partial charge in [-0.2, -0.15) is 0 Å². The van der Waals surface area contributed by atoms with Gasteiger partial charge in [-0.3, -0.25) is 28.8 Å². The van der Waals surface area contributed by atoms with Crippen molar-refractivity contribution in [1.82, 2.24) is 30.0 Å². The van der Waals surface area contributed by atoms with Crippen LogP contribution in [0.4, 0.5) is 0 Å². The fourth-order valence-corrected chi connectivity index (χ4v) is 6.43. The third-order valence-electron chi connectivity index (χ3n) is 8.90. The van der Waals surface area contributed by atoms with Crippen molar-refractivity contribution in [2.45, 2.75) is 143 Å². The van der Waals surface area contributed by atoms with Crippen LogP contribution in [0.2, 0.25) is 0 Å². The van der Waals surface area contributed by atoms with E-state index in [1.807, 2.05) is 0 Å². The third kappa shape index (κ3) is 16.8. The lowest BCUT2D eigenvalue weighted by molar-refractivity contribution is -0.303. The predicted octanol–water partition coefficient (Wildman–Crippen LogP) is -0.267. The van der Waals surface area contributed by atoms with Crippen LogP contribution in [0.3, 0.4) is 0 Å². The first kappa shape index (κ1) is 50.5. The maximum absolute atomic E-state index is 11.9. The van der Waals surface area contributed by atoms with Gasteiger partial charge in [0.2, 0.25) is 0 Å². The van der Waals surface area contributed by atoms with Crippen LogP contribution in [-0.4, -0.2) is 167 Å². The maximum Gasteiger partial charge on any atom is 0.303 e. The molecule has 4 rings (SSSR count). The van der Waals surface area contributed by atoms with Gasteiger partial charge >= 0.3 is 35.8 Å². The van der Waals surface area contributed by atoms with E-state index >= 15 is 0 Å². The minimum absolute atomic E-state index is 0.0911. The summed E-state index contributed by atoms with van der Waals surface area (Å²) in [6, 6.07) is 0. The van der Waals surface area contributed by atoms with Crippen LogP contribution in [0.25, 0.3) is 0 Å². The molecule has 0 aliphatic carbocycles. The molecule has 0 saturated carbocycles. The molecule has 0 amide bonds. The van der Waals surface area contributed by atoms with Gasteiger partial charge in [0.1, 0.15) is 11.4 Å². The van der Waals surface area contributed by atoms with Crippen LogP contribution < -0.4 is 0 Å². The molecule has 2 aromatic heterocycles. The number of hydrogen-bond acceptors (Lipinski definition) is 23. The monoisotopic (exact) mass is 900 g/mol. The summed E-state index contributed by atoms with van der Waals surface area (Å²) in [5.74, 6) is -3.98. The van der Waals surface area contributed by atoms with Crippen LogP contribution in [-0.2, 0) is 117 Å². The highest BCUT2D eigenvalue weighted by molar-refractivity contribution is 5.69. The summed E-state index contributed by atoms with van der Waals surface area (Å²) >= 11 is 0. The number of esters is 6. The number of aromatic nitrogens is 6. The van der Waals surface area contributed by atoms with Crippen molar-refractivity contribution in [1.29, 1.82) is 0 Å². The number of nitrogens with zero attached hydrogens (tertiary/aromatic N) is 6. The molecule has 0 radical (unpaired) electrons. The van der Waals surface area contributed by atoms with Gasteiger partial charge in [0.05, 0.1) is 90.5 Å². The Hall–Kier alpha value is -5.18. The molecule has 2 aliphatic rings. The first-order chi connectivity index (χ1) is 30.0. The molecule has 2 aromatic rings. The predicted molar refractivity (Wildman–Crippen MR) is 204 cm³/mol. The molecular weight excluding hydrogens is 844 g/mol. The topological polar surface area (TPSA) is 284 Å². The number of rotatable bonds is 24. The van der Waals surface area contributed by atoms with Gasteiger partial charge in [0.15, 0.2) is 49.2 Å². The van der Waals surface area contributed by atoms with Gasteiger partial charge in [-0.05, 0) is 13.8 Å². The molecule has 25 heteroatoms. The molecule has 2 fully saturated rings. The quantitative estimate of drug-likeness (QED) is 0.0745. The van der Waals surface area contributed by atoms with Crippen molar-refractivity contribution in [2.75, 3.05) is 39.6 Å². The van der Waals surface area contributed by atoms with Gasteiger partial charge in [0, 0.05) is 41.5 Å². The van der Waals surface area contributed by atoms with Crippen molar-refractivity contribution < 1.29 is 90.3 Å². The minimum atomic E-state index is -1.23. The van der Waals surface area contributed by atoms with Crippen molar-refractivity contribution in [3.05, 3.63) is 23.8 Å². The molecule has 0 N–H and O–H groups in total. The highest BCUT2D eigenvalue weighted by Crippen LogP contribution is 2.31. The summed E-state index contributed by atoms with van der Waals surface area (Å²) in [4.78, 5) is 71.0. The molecule has 0 spiro atoms. The van der Waals surface area contributed by atoms with E-state index in [1.54, 1.807) is 35.6 Å². The molecule has 4 heterocycles. The summed E-state index contributed by atoms with van der Waals surface area (Å²) in [7, 11) is 0. The third-order valence-corrected chi connectivity index (χ3v) is 8.90. The highest BCUT2D eigenvalue weighted by Gasteiger charge is 2.52. The first-order valence-electron chi connectivity index (χ1n) is 20.1. The van der Waals surface area contributed by atoms with E-state index in [9.17, 15) is 28.8 Å². The molecular formula is C38H56N6O19. The van der Waals surface area contributed by atoms with Crippen LogP contribution in [0, 0.1) is 0 Å². The van der Waals surface area contributed by atoms with E-state index in [0.717, 1.165) is 0 Å². The Kier molecular flexibility index (Phi) is 20.2. The fourth-order valence-electron chi connectivity index (χ4n) is 6.43. The van der Waals surface area contributed by atoms with Crippen LogP contribution in [0.15, 0.2) is 12.4 Å². The average Bonchev–Trinajstić information content (AvgIpc) is 3.86. The summed E-state index contributed by atoms with van der Waals surface area (Å²) < 4.78 is 75.6. The Morgan fingerprint density at radius 1 is 0.476 bits per heavy atom. The second kappa shape index (κ2) is 25.2. The lowest BCUT2D eigenvalue weighted by Crippen LogP contribution is -2.61. The average molecular weight is 901 g/mol. The number of carbonyl (C=O) groups excluding carboxylic acids is 6. The Labute approximate surface area is 362 Å². The molecule has 2 aliphatic heterocycles. The molecule has 352 valence electrons. The first-order valence-corrected chi connectivity index (χ1v) is 20.1. The maximum atomic E-state index is 11.9. The van der Waals surface area contributed by atoms with Crippen LogP contribution >= 0.6 is 0 Å². The zero-order valence-corrected chi connectivity index (χ0v) is 36.4. The summed E-state index contributed by atoms with van der Waals surface area (Å²) in [6.45, 7) is 12.9. The summed E-state index contributed by atoms with van der Waals surface area (Å²) in [5.41, 5.74) is 0.871. The molecule has 0 aromatic carbocycles. The van der Waals surface area contributed by atoms with E-state index < -0.39 is 97.2 Å². The number of ether oxygens (including phenoxy) is 13. The van der Waals surface area contributed by atoms with Gasteiger partial charge in [-0.1, -0.05) is 10.4 Å². The van der Waals surface area contributed by atoms with Gasteiger partial charge in [0.25, 0.3) is 0 Å². The Balaban J connectivity index is 1.09. The lowest BCUT2D eigenvalue weighted by Gasteiger charge is -2.43. The minimum Gasteiger partial charge on any atom is -0.456 e. The van der Waals surface area contributed by atoms with Crippen LogP contribution in [0.1, 0.15) is 66.8 Å². The van der Waals surface area contributed by atoms with E-state index in [1.165, 1.54) is 41.5 Å². The van der Waals surface area contributed by atoms with Gasteiger partial charge in [-0.25, -0.2) is 9.36 Å². The van der Waals surface area contributed by atoms with Crippen LogP contribution in [0.5, 0.6) is 0 Å². The zero-order valence-electron chi connectivity index (χ0n) is 36.4. The van der Waals surface area contributed by atoms with Gasteiger partial charge < -0.3 is 61.6 Å². The smallest absolute Gasteiger partial charge is 0.303 e. The highest BCUT2D eigenvalue weighted by atomic mass is 16.7. The molecule has 5 unspecified atom stereocenters. The largest absolute Gasteiger partial charge is 0.456 e.